The lowest BCUT2D eigenvalue weighted by molar-refractivity contribution is 0.101. The third-order valence-corrected chi connectivity index (χ3v) is 4.71. The molecule has 0 unspecified atom stereocenters. The molecule has 0 spiro atoms. The predicted molar refractivity (Wildman–Crippen MR) is 107 cm³/mol. The maximum Gasteiger partial charge on any atom is 0.365 e. The Balaban J connectivity index is 2.17. The molecule has 0 aliphatic rings. The highest BCUT2D eigenvalue weighted by Crippen LogP contribution is 2.40. The summed E-state index contributed by atoms with van der Waals surface area (Å²) in [5, 5.41) is 1.84. The van der Waals surface area contributed by atoms with Gasteiger partial charge in [0.15, 0.2) is 5.78 Å². The number of carbonyl (C=O) groups excluding carboxylic acids is 1. The van der Waals surface area contributed by atoms with Crippen LogP contribution in [0.5, 0.6) is 11.5 Å². The number of fused-ring (bicyclic) bond motifs is 2. The van der Waals surface area contributed by atoms with Crippen molar-refractivity contribution in [3.8, 4) is 22.6 Å². The third kappa shape index (κ3) is 2.89. The van der Waals surface area contributed by atoms with E-state index in [2.05, 4.69) is 0 Å². The van der Waals surface area contributed by atoms with Gasteiger partial charge in [-0.25, -0.2) is 4.42 Å². The Morgan fingerprint density at radius 3 is 1.89 bits per heavy atom. The van der Waals surface area contributed by atoms with Gasteiger partial charge in [0.25, 0.3) is 0 Å². The fraction of sp³-hybridized carbons (Fsp3) is 0.130. The predicted octanol–water partition coefficient (Wildman–Crippen LogP) is 5.75. The molecule has 1 aromatic heterocycles. The van der Waals surface area contributed by atoms with Crippen LogP contribution in [0.2, 0.25) is 0 Å². The fourth-order valence-electron chi connectivity index (χ4n) is 3.40. The van der Waals surface area contributed by atoms with E-state index in [0.29, 0.717) is 28.2 Å². The molecule has 27 heavy (non-hydrogen) atoms. The lowest BCUT2D eigenvalue weighted by atomic mass is 9.92. The highest BCUT2D eigenvalue weighted by molar-refractivity contribution is 6.13. The molecule has 0 aliphatic carbocycles. The molecule has 0 aliphatic heterocycles. The monoisotopic (exact) mass is 359 g/mol. The number of ketones is 1. The maximum atomic E-state index is 12.2. The summed E-state index contributed by atoms with van der Waals surface area (Å²) in [6.45, 7) is 1.59. The highest BCUT2D eigenvalue weighted by Gasteiger charge is 2.23. The fourth-order valence-corrected chi connectivity index (χ4v) is 3.40. The van der Waals surface area contributed by atoms with Gasteiger partial charge < -0.3 is 9.47 Å². The molecule has 4 nitrogen and oxygen atoms in total. The van der Waals surface area contributed by atoms with E-state index in [9.17, 15) is 4.79 Å². The molecular weight excluding hydrogens is 340 g/mol. The number of hydrogen-bond donors (Lipinski definition) is 0. The van der Waals surface area contributed by atoms with E-state index in [0.717, 1.165) is 21.9 Å². The number of Topliss-reactive ketones (excluding diaryl/α,β-unsaturated/α-hetero) is 1. The number of hydrogen-bond acceptors (Lipinski definition) is 3. The molecule has 3 aromatic carbocycles. The minimum absolute atomic E-state index is 0.0229. The van der Waals surface area contributed by atoms with Crippen molar-refractivity contribution >= 4 is 27.7 Å². The van der Waals surface area contributed by atoms with E-state index in [4.69, 9.17) is 13.9 Å². The normalized spacial score (nSPS) is 10.9. The molecule has 0 bridgehead atoms. The van der Waals surface area contributed by atoms with E-state index < -0.39 is 0 Å². The largest absolute Gasteiger partial charge is 0.496 e. The molecular formula is C23H19O4+. The van der Waals surface area contributed by atoms with Crippen molar-refractivity contribution in [2.45, 2.75) is 6.92 Å². The summed E-state index contributed by atoms with van der Waals surface area (Å²) in [5.41, 5.74) is 3.89. The van der Waals surface area contributed by atoms with E-state index in [-0.39, 0.29) is 5.78 Å². The van der Waals surface area contributed by atoms with Crippen LogP contribution < -0.4 is 9.47 Å². The van der Waals surface area contributed by atoms with Gasteiger partial charge in [-0.2, -0.15) is 0 Å². The van der Waals surface area contributed by atoms with Crippen molar-refractivity contribution in [2.75, 3.05) is 14.2 Å². The average Bonchev–Trinajstić information content (AvgIpc) is 2.71. The quantitative estimate of drug-likeness (QED) is 0.264. The topological polar surface area (TPSA) is 46.8 Å². The van der Waals surface area contributed by atoms with Gasteiger partial charge >= 0.3 is 11.2 Å². The summed E-state index contributed by atoms with van der Waals surface area (Å²) in [6, 6.07) is 19.1. The standard InChI is InChI=1S/C23H19O4/c1-14(24)17-6-4-5-7-18(17)23-19-10-8-15(25-2)12-21(19)27-22-13-16(26-3)9-11-20(22)23/h4-13H,1-3H3/q+1. The van der Waals surface area contributed by atoms with Gasteiger partial charge in [0.2, 0.25) is 0 Å². The van der Waals surface area contributed by atoms with Crippen molar-refractivity contribution in [3.05, 3.63) is 66.2 Å². The Morgan fingerprint density at radius 1 is 0.815 bits per heavy atom. The zero-order valence-corrected chi connectivity index (χ0v) is 15.4. The van der Waals surface area contributed by atoms with Crippen molar-refractivity contribution in [2.24, 2.45) is 0 Å². The summed E-state index contributed by atoms with van der Waals surface area (Å²) in [7, 11) is 3.24. The first kappa shape index (κ1) is 17.0. The molecule has 1 heterocycles. The molecule has 134 valence electrons. The Labute approximate surface area is 157 Å². The van der Waals surface area contributed by atoms with Gasteiger partial charge in [0.1, 0.15) is 11.5 Å². The van der Waals surface area contributed by atoms with Crippen molar-refractivity contribution in [1.82, 2.24) is 0 Å². The first-order valence-corrected chi connectivity index (χ1v) is 8.64. The molecule has 4 aromatic rings. The van der Waals surface area contributed by atoms with Gasteiger partial charge in [0.05, 0.1) is 37.1 Å². The number of ether oxygens (including phenoxy) is 2. The smallest absolute Gasteiger partial charge is 0.365 e. The van der Waals surface area contributed by atoms with E-state index in [1.165, 1.54) is 0 Å². The van der Waals surface area contributed by atoms with Gasteiger partial charge in [-0.15, -0.1) is 0 Å². The SMILES string of the molecule is COc1ccc2c(-c3ccccc3C(C)=O)c3ccc(OC)cc3[o+]c2c1. The molecule has 0 amide bonds. The molecule has 0 fully saturated rings. The first-order valence-electron chi connectivity index (χ1n) is 8.64. The maximum absolute atomic E-state index is 12.2. The second-order valence-electron chi connectivity index (χ2n) is 6.30. The molecule has 0 saturated carbocycles. The summed E-state index contributed by atoms with van der Waals surface area (Å²) in [5.74, 6) is 1.44. The third-order valence-electron chi connectivity index (χ3n) is 4.71. The zero-order valence-electron chi connectivity index (χ0n) is 15.4. The molecule has 4 heteroatoms. The lowest BCUT2D eigenvalue weighted by Crippen LogP contribution is -1.97. The molecule has 0 radical (unpaired) electrons. The minimum Gasteiger partial charge on any atom is -0.496 e. The van der Waals surface area contributed by atoms with Crippen LogP contribution in [-0.4, -0.2) is 20.0 Å². The van der Waals surface area contributed by atoms with Crippen LogP contribution in [0.3, 0.4) is 0 Å². The van der Waals surface area contributed by atoms with Crippen LogP contribution in [0, 0.1) is 0 Å². The van der Waals surface area contributed by atoms with Crippen LogP contribution in [0.15, 0.2) is 65.1 Å². The lowest BCUT2D eigenvalue weighted by Gasteiger charge is -2.10. The van der Waals surface area contributed by atoms with Gasteiger partial charge in [-0.05, 0) is 36.8 Å². The van der Waals surface area contributed by atoms with Gasteiger partial charge in [-0.1, -0.05) is 24.3 Å². The summed E-state index contributed by atoms with van der Waals surface area (Å²) in [4.78, 5) is 12.2. The molecule has 0 N–H and O–H groups in total. The van der Waals surface area contributed by atoms with Crippen LogP contribution in [0.4, 0.5) is 0 Å². The number of rotatable bonds is 4. The van der Waals surface area contributed by atoms with Gasteiger partial charge in [0, 0.05) is 11.1 Å². The number of benzene rings is 3. The van der Waals surface area contributed by atoms with Crippen LogP contribution in [0.1, 0.15) is 17.3 Å². The second-order valence-corrected chi connectivity index (χ2v) is 6.30. The summed E-state index contributed by atoms with van der Waals surface area (Å²) >= 11 is 0. The summed E-state index contributed by atoms with van der Waals surface area (Å²) < 4.78 is 16.8. The van der Waals surface area contributed by atoms with Crippen molar-refractivity contribution in [3.63, 3.8) is 0 Å². The Hall–Kier alpha value is -3.40. The number of methoxy groups -OCH3 is 2. The molecule has 0 saturated heterocycles. The van der Waals surface area contributed by atoms with E-state index >= 15 is 0 Å². The van der Waals surface area contributed by atoms with E-state index in [1.807, 2.05) is 60.7 Å². The van der Waals surface area contributed by atoms with Crippen LogP contribution in [0.25, 0.3) is 33.1 Å². The number of carbonyl (C=O) groups is 1. The Bertz CT molecular complexity index is 1120. The second kappa shape index (κ2) is 6.72. The van der Waals surface area contributed by atoms with Gasteiger partial charge in [-0.3, -0.25) is 4.79 Å². The molecule has 0 atom stereocenters. The Kier molecular flexibility index (Phi) is 4.24. The average molecular weight is 359 g/mol. The zero-order chi connectivity index (χ0) is 19.0. The highest BCUT2D eigenvalue weighted by atomic mass is 16.5. The molecule has 4 rings (SSSR count). The first-order chi connectivity index (χ1) is 13.1. The van der Waals surface area contributed by atoms with E-state index in [1.54, 1.807) is 21.1 Å². The Morgan fingerprint density at radius 2 is 1.37 bits per heavy atom. The minimum atomic E-state index is 0.0229. The van der Waals surface area contributed by atoms with Crippen LogP contribution in [-0.2, 0) is 0 Å². The van der Waals surface area contributed by atoms with Crippen molar-refractivity contribution in [1.29, 1.82) is 0 Å². The van der Waals surface area contributed by atoms with Crippen molar-refractivity contribution < 1.29 is 18.7 Å². The summed E-state index contributed by atoms with van der Waals surface area (Å²) in [6.07, 6.45) is 0. The van der Waals surface area contributed by atoms with Crippen LogP contribution >= 0.6 is 0 Å².